The van der Waals surface area contributed by atoms with E-state index >= 15 is 0 Å². The molecule has 0 heterocycles. The molecule has 0 aromatic heterocycles. The molecule has 88 valence electrons. The molecule has 0 amide bonds. The van der Waals surface area contributed by atoms with Crippen molar-refractivity contribution in [3.05, 3.63) is 35.4 Å². The third-order valence-corrected chi connectivity index (χ3v) is 3.57. The number of rotatable bonds is 2. The molecule has 2 heteroatoms. The molecule has 0 spiro atoms. The fourth-order valence-electron chi connectivity index (χ4n) is 2.51. The lowest BCUT2D eigenvalue weighted by molar-refractivity contribution is 0.216. The zero-order chi connectivity index (χ0) is 11.5. The topological polar surface area (TPSA) is 26.0 Å². The van der Waals surface area contributed by atoms with Crippen molar-refractivity contribution in [2.24, 2.45) is 5.73 Å². The quantitative estimate of drug-likeness (QED) is 0.809. The fraction of sp³-hybridized carbons (Fsp3) is 0.571. The lowest BCUT2D eigenvalue weighted by Gasteiger charge is -2.26. The third kappa shape index (κ3) is 2.43. The Morgan fingerprint density at radius 2 is 1.81 bits per heavy atom. The van der Waals surface area contributed by atoms with E-state index in [2.05, 4.69) is 0 Å². The van der Waals surface area contributed by atoms with Crippen LogP contribution in [0.3, 0.4) is 0 Å². The zero-order valence-corrected chi connectivity index (χ0v) is 9.83. The lowest BCUT2D eigenvalue weighted by Crippen LogP contribution is -2.18. The van der Waals surface area contributed by atoms with E-state index in [9.17, 15) is 4.39 Å². The zero-order valence-electron chi connectivity index (χ0n) is 9.83. The second-order valence-electron chi connectivity index (χ2n) is 4.86. The van der Waals surface area contributed by atoms with Crippen molar-refractivity contribution in [3.63, 3.8) is 0 Å². The summed E-state index contributed by atoms with van der Waals surface area (Å²) in [6, 6.07) is 8.20. The number of nitrogens with two attached hydrogens (primary N) is 1. The van der Waals surface area contributed by atoms with Gasteiger partial charge in [0.1, 0.15) is 6.17 Å². The van der Waals surface area contributed by atoms with Gasteiger partial charge in [-0.05, 0) is 30.9 Å². The third-order valence-electron chi connectivity index (χ3n) is 3.57. The maximum absolute atomic E-state index is 13.8. The van der Waals surface area contributed by atoms with Crippen molar-refractivity contribution in [3.8, 4) is 0 Å². The van der Waals surface area contributed by atoms with Gasteiger partial charge in [-0.2, -0.15) is 0 Å². The van der Waals surface area contributed by atoms with Gasteiger partial charge in [-0.3, -0.25) is 0 Å². The summed E-state index contributed by atoms with van der Waals surface area (Å²) in [6.07, 6.45) is 3.24. The van der Waals surface area contributed by atoms with Gasteiger partial charge in [-0.25, -0.2) is 4.39 Å². The maximum Gasteiger partial charge on any atom is 0.107 e. The first-order chi connectivity index (χ1) is 7.68. The van der Waals surface area contributed by atoms with Crippen molar-refractivity contribution < 1.29 is 4.39 Å². The Labute approximate surface area is 96.9 Å². The molecule has 1 aromatic carbocycles. The Kier molecular flexibility index (Phi) is 3.59. The number of benzene rings is 1. The highest BCUT2D eigenvalue weighted by Crippen LogP contribution is 2.35. The summed E-state index contributed by atoms with van der Waals surface area (Å²) >= 11 is 0. The molecule has 2 N–H and O–H groups in total. The molecular weight excluding hydrogens is 201 g/mol. The van der Waals surface area contributed by atoms with Crippen LogP contribution in [0, 0.1) is 0 Å². The molecule has 1 aliphatic carbocycles. The van der Waals surface area contributed by atoms with Crippen molar-refractivity contribution in [1.29, 1.82) is 0 Å². The molecule has 0 bridgehead atoms. The summed E-state index contributed by atoms with van der Waals surface area (Å²) < 4.78 is 13.8. The van der Waals surface area contributed by atoms with Crippen LogP contribution in [0.4, 0.5) is 4.39 Å². The normalized spacial score (nSPS) is 27.7. The number of alkyl halides is 1. The Morgan fingerprint density at radius 1 is 1.19 bits per heavy atom. The second-order valence-corrected chi connectivity index (χ2v) is 4.86. The van der Waals surface area contributed by atoms with Gasteiger partial charge < -0.3 is 5.73 Å². The molecule has 0 radical (unpaired) electrons. The highest BCUT2D eigenvalue weighted by Gasteiger charge is 2.25. The predicted molar refractivity (Wildman–Crippen MR) is 65.1 cm³/mol. The average molecular weight is 221 g/mol. The molecule has 1 saturated carbocycles. The fourth-order valence-corrected chi connectivity index (χ4v) is 2.51. The van der Waals surface area contributed by atoms with E-state index in [1.165, 1.54) is 0 Å². The first-order valence-electron chi connectivity index (χ1n) is 6.18. The van der Waals surface area contributed by atoms with Crippen molar-refractivity contribution in [2.75, 3.05) is 0 Å². The molecule has 3 unspecified atom stereocenters. The van der Waals surface area contributed by atoms with Crippen molar-refractivity contribution >= 4 is 0 Å². The first-order valence-corrected chi connectivity index (χ1v) is 6.18. The number of hydrogen-bond donors (Lipinski definition) is 1. The van der Waals surface area contributed by atoms with Crippen LogP contribution < -0.4 is 5.73 Å². The minimum atomic E-state index is -0.658. The molecule has 1 aliphatic rings. The predicted octanol–water partition coefficient (Wildman–Crippen LogP) is 3.70. The monoisotopic (exact) mass is 221 g/mol. The molecule has 2 rings (SSSR count). The van der Waals surface area contributed by atoms with Crippen LogP contribution in [0.1, 0.15) is 55.7 Å². The van der Waals surface area contributed by atoms with E-state index in [1.54, 1.807) is 0 Å². The minimum absolute atomic E-state index is 0.0570. The highest BCUT2D eigenvalue weighted by atomic mass is 19.1. The van der Waals surface area contributed by atoms with Crippen LogP contribution in [0.15, 0.2) is 24.3 Å². The largest absolute Gasteiger partial charge is 0.324 e. The van der Waals surface area contributed by atoms with E-state index in [-0.39, 0.29) is 12.0 Å². The summed E-state index contributed by atoms with van der Waals surface area (Å²) in [6.45, 7) is 1.97. The van der Waals surface area contributed by atoms with Crippen LogP contribution in [0.5, 0.6) is 0 Å². The van der Waals surface area contributed by atoms with Gasteiger partial charge in [0.15, 0.2) is 0 Å². The first kappa shape index (κ1) is 11.6. The maximum atomic E-state index is 13.8. The van der Waals surface area contributed by atoms with E-state index < -0.39 is 6.17 Å². The average Bonchev–Trinajstić information content (AvgIpc) is 2.30. The summed E-state index contributed by atoms with van der Waals surface area (Å²) in [5.41, 5.74) is 8.05. The van der Waals surface area contributed by atoms with Crippen LogP contribution in [-0.2, 0) is 0 Å². The molecule has 1 aromatic rings. The highest BCUT2D eigenvalue weighted by molar-refractivity contribution is 5.28. The van der Waals surface area contributed by atoms with Gasteiger partial charge in [0.05, 0.1) is 0 Å². The smallest absolute Gasteiger partial charge is 0.107 e. The molecule has 3 atom stereocenters. The van der Waals surface area contributed by atoms with Crippen LogP contribution >= 0.6 is 0 Å². The SMILES string of the molecule is CC(N)c1ccc(C2CCCCC2F)cc1. The van der Waals surface area contributed by atoms with Crippen molar-refractivity contribution in [2.45, 2.75) is 50.7 Å². The van der Waals surface area contributed by atoms with E-state index in [4.69, 9.17) is 5.73 Å². The van der Waals surface area contributed by atoms with E-state index in [0.29, 0.717) is 0 Å². The summed E-state index contributed by atoms with van der Waals surface area (Å²) in [4.78, 5) is 0. The standard InChI is InChI=1S/C14H20FN/c1-10(16)11-6-8-12(9-7-11)13-4-2-3-5-14(13)15/h6-10,13-14H,2-5,16H2,1H3. The molecule has 1 nitrogen and oxygen atoms in total. The molecule has 0 saturated heterocycles. The van der Waals surface area contributed by atoms with E-state index in [0.717, 1.165) is 36.8 Å². The van der Waals surface area contributed by atoms with E-state index in [1.807, 2.05) is 31.2 Å². The summed E-state index contributed by atoms with van der Waals surface area (Å²) in [5, 5.41) is 0. The Balaban J connectivity index is 2.14. The Morgan fingerprint density at radius 3 is 2.38 bits per heavy atom. The Bertz CT molecular complexity index is 331. The summed E-state index contributed by atoms with van der Waals surface area (Å²) in [5.74, 6) is 0.107. The molecule has 16 heavy (non-hydrogen) atoms. The molecular formula is C14H20FN. The number of hydrogen-bond acceptors (Lipinski definition) is 1. The lowest BCUT2D eigenvalue weighted by atomic mass is 9.82. The van der Waals surface area contributed by atoms with Gasteiger partial charge in [0.25, 0.3) is 0 Å². The number of halogens is 1. The van der Waals surface area contributed by atoms with Crippen molar-refractivity contribution in [1.82, 2.24) is 0 Å². The minimum Gasteiger partial charge on any atom is -0.324 e. The van der Waals surface area contributed by atoms with Gasteiger partial charge in [-0.1, -0.05) is 37.1 Å². The van der Waals surface area contributed by atoms with Gasteiger partial charge in [0, 0.05) is 12.0 Å². The van der Waals surface area contributed by atoms with Crippen LogP contribution in [0.2, 0.25) is 0 Å². The second kappa shape index (κ2) is 4.96. The molecule has 0 aliphatic heterocycles. The van der Waals surface area contributed by atoms with Gasteiger partial charge in [0.2, 0.25) is 0 Å². The van der Waals surface area contributed by atoms with Crippen LogP contribution in [-0.4, -0.2) is 6.17 Å². The van der Waals surface area contributed by atoms with Gasteiger partial charge in [-0.15, -0.1) is 0 Å². The molecule has 1 fully saturated rings. The summed E-state index contributed by atoms with van der Waals surface area (Å²) in [7, 11) is 0. The van der Waals surface area contributed by atoms with Crippen LogP contribution in [0.25, 0.3) is 0 Å². The Hall–Kier alpha value is -0.890. The van der Waals surface area contributed by atoms with Gasteiger partial charge >= 0.3 is 0 Å².